The van der Waals surface area contributed by atoms with Crippen LogP contribution in [-0.2, 0) is 14.3 Å². The summed E-state index contributed by atoms with van der Waals surface area (Å²) in [5.74, 6) is 2.44. The number of hydrogen-bond donors (Lipinski definition) is 0. The van der Waals surface area contributed by atoms with Crippen LogP contribution < -0.4 is 0 Å². The molecule has 3 nitrogen and oxygen atoms in total. The molecule has 0 bridgehead atoms. The zero-order chi connectivity index (χ0) is 10.6. The fourth-order valence-corrected chi connectivity index (χ4v) is 0.927. The lowest BCUT2D eigenvalue weighted by Gasteiger charge is -2.03. The number of carbonyl (C=O) groups excluding carboxylic acids is 1. The van der Waals surface area contributed by atoms with Gasteiger partial charge in [0.1, 0.15) is 6.61 Å². The quantitative estimate of drug-likeness (QED) is 0.269. The van der Waals surface area contributed by atoms with Gasteiger partial charge in [-0.2, -0.15) is 0 Å². The Morgan fingerprint density at radius 2 is 2.07 bits per heavy atom. The van der Waals surface area contributed by atoms with Crippen molar-refractivity contribution in [2.45, 2.75) is 19.3 Å². The van der Waals surface area contributed by atoms with Gasteiger partial charge in [0.2, 0.25) is 0 Å². The number of ether oxygens (including phenoxy) is 2. The van der Waals surface area contributed by atoms with Crippen LogP contribution in [0.3, 0.4) is 0 Å². The van der Waals surface area contributed by atoms with Crippen molar-refractivity contribution in [2.24, 2.45) is 0 Å². The number of unbranched alkanes of at least 4 members (excludes halogenated alkanes) is 1. The Kier molecular flexibility index (Phi) is 9.83. The van der Waals surface area contributed by atoms with Gasteiger partial charge >= 0.3 is 5.97 Å². The van der Waals surface area contributed by atoms with Crippen molar-refractivity contribution >= 4 is 17.6 Å². The smallest absolute Gasteiger partial charge is 0.306 e. The van der Waals surface area contributed by atoms with Crippen LogP contribution in [0.1, 0.15) is 19.3 Å². The van der Waals surface area contributed by atoms with Crippen LogP contribution in [0.4, 0.5) is 0 Å². The number of carbonyl (C=O) groups is 1. The van der Waals surface area contributed by atoms with Gasteiger partial charge in [-0.3, -0.25) is 4.79 Å². The van der Waals surface area contributed by atoms with Gasteiger partial charge in [0.15, 0.2) is 0 Å². The van der Waals surface area contributed by atoms with Crippen molar-refractivity contribution in [1.29, 1.82) is 0 Å². The lowest BCUT2D eigenvalue weighted by Crippen LogP contribution is -2.07. The maximum absolute atomic E-state index is 10.8. The topological polar surface area (TPSA) is 35.5 Å². The van der Waals surface area contributed by atoms with Gasteiger partial charge in [-0.05, 0) is 12.8 Å². The summed E-state index contributed by atoms with van der Waals surface area (Å²) >= 11 is 5.35. The Balaban J connectivity index is 3.06. The van der Waals surface area contributed by atoms with E-state index >= 15 is 0 Å². The summed E-state index contributed by atoms with van der Waals surface area (Å²) in [4.78, 5) is 10.8. The molecule has 0 aliphatic rings. The van der Waals surface area contributed by atoms with Crippen molar-refractivity contribution in [2.75, 3.05) is 25.7 Å². The van der Waals surface area contributed by atoms with Gasteiger partial charge in [0.25, 0.3) is 0 Å². The van der Waals surface area contributed by atoms with E-state index in [2.05, 4.69) is 5.92 Å². The Bertz CT molecular complexity index is 186. The van der Waals surface area contributed by atoms with E-state index in [9.17, 15) is 4.79 Å². The molecule has 80 valence electrons. The van der Waals surface area contributed by atoms with Crippen LogP contribution in [0.5, 0.6) is 0 Å². The molecule has 0 N–H and O–H groups in total. The molecule has 0 radical (unpaired) electrons. The third-order valence-corrected chi connectivity index (χ3v) is 1.62. The maximum Gasteiger partial charge on any atom is 0.306 e. The zero-order valence-corrected chi connectivity index (χ0v) is 8.89. The molecule has 0 amide bonds. The monoisotopic (exact) mass is 218 g/mol. The zero-order valence-electron chi connectivity index (χ0n) is 8.13. The number of halogens is 1. The largest absolute Gasteiger partial charge is 0.466 e. The summed E-state index contributed by atoms with van der Waals surface area (Å²) < 4.78 is 9.91. The van der Waals surface area contributed by atoms with E-state index in [4.69, 9.17) is 27.5 Å². The number of hydrogen-bond acceptors (Lipinski definition) is 3. The molecule has 0 unspecified atom stereocenters. The Labute approximate surface area is 89.7 Å². The molecule has 0 saturated heterocycles. The molecule has 0 fully saturated rings. The van der Waals surface area contributed by atoms with E-state index in [0.29, 0.717) is 25.7 Å². The Morgan fingerprint density at radius 1 is 1.36 bits per heavy atom. The fraction of sp³-hybridized carbons (Fsp3) is 0.700. The Hall–Kier alpha value is -0.720. The molecule has 0 aromatic heterocycles. The summed E-state index contributed by atoms with van der Waals surface area (Å²) in [6.45, 7) is 1.37. The summed E-state index contributed by atoms with van der Waals surface area (Å²) in [6, 6.07) is 0. The highest BCUT2D eigenvalue weighted by atomic mass is 35.5. The van der Waals surface area contributed by atoms with Gasteiger partial charge in [0.05, 0.1) is 13.0 Å². The van der Waals surface area contributed by atoms with Gasteiger partial charge in [-0.15, -0.1) is 18.0 Å². The van der Waals surface area contributed by atoms with Crippen LogP contribution in [0, 0.1) is 12.3 Å². The maximum atomic E-state index is 10.8. The van der Waals surface area contributed by atoms with Crippen LogP contribution in [0.2, 0.25) is 0 Å². The standard InChI is InChI=1S/C10H15ClO3/c1-2-7-13-8-3-4-9-14-10(12)5-6-11/h1H,3-9H2. The van der Waals surface area contributed by atoms with Crippen molar-refractivity contribution in [1.82, 2.24) is 0 Å². The van der Waals surface area contributed by atoms with Crippen LogP contribution in [0.15, 0.2) is 0 Å². The molecule has 0 rings (SSSR count). The van der Waals surface area contributed by atoms with E-state index in [1.165, 1.54) is 0 Å². The average Bonchev–Trinajstić information content (AvgIpc) is 2.17. The summed E-state index contributed by atoms with van der Waals surface area (Å²) in [5, 5.41) is 0. The second kappa shape index (κ2) is 10.4. The second-order valence-corrected chi connectivity index (χ2v) is 3.00. The van der Waals surface area contributed by atoms with Crippen LogP contribution >= 0.6 is 11.6 Å². The first-order valence-electron chi connectivity index (χ1n) is 4.54. The highest BCUT2D eigenvalue weighted by Crippen LogP contribution is 1.94. The molecule has 0 aliphatic carbocycles. The highest BCUT2D eigenvalue weighted by Gasteiger charge is 1.99. The highest BCUT2D eigenvalue weighted by molar-refractivity contribution is 6.18. The van der Waals surface area contributed by atoms with E-state index in [0.717, 1.165) is 12.8 Å². The number of alkyl halides is 1. The molecular weight excluding hydrogens is 204 g/mol. The number of esters is 1. The predicted molar refractivity (Wildman–Crippen MR) is 55.2 cm³/mol. The van der Waals surface area contributed by atoms with E-state index in [-0.39, 0.29) is 12.4 Å². The van der Waals surface area contributed by atoms with E-state index < -0.39 is 0 Å². The first-order valence-corrected chi connectivity index (χ1v) is 5.07. The normalized spacial score (nSPS) is 9.43. The molecule has 14 heavy (non-hydrogen) atoms. The van der Waals surface area contributed by atoms with Gasteiger partial charge in [-0.25, -0.2) is 0 Å². The summed E-state index contributed by atoms with van der Waals surface area (Å²) in [5.41, 5.74) is 0. The molecule has 0 heterocycles. The molecular formula is C10H15ClO3. The molecule has 0 spiro atoms. The van der Waals surface area contributed by atoms with Crippen molar-refractivity contribution < 1.29 is 14.3 Å². The second-order valence-electron chi connectivity index (χ2n) is 2.62. The molecule has 4 heteroatoms. The van der Waals surface area contributed by atoms with Gasteiger partial charge in [-0.1, -0.05) is 5.92 Å². The minimum atomic E-state index is -0.246. The van der Waals surface area contributed by atoms with E-state index in [1.807, 2.05) is 0 Å². The predicted octanol–water partition coefficient (Wildman–Crippen LogP) is 1.59. The average molecular weight is 219 g/mol. The lowest BCUT2D eigenvalue weighted by atomic mass is 10.3. The first-order chi connectivity index (χ1) is 6.81. The third-order valence-electron chi connectivity index (χ3n) is 1.43. The minimum Gasteiger partial charge on any atom is -0.466 e. The third kappa shape index (κ3) is 9.37. The lowest BCUT2D eigenvalue weighted by molar-refractivity contribution is -0.143. The number of rotatable bonds is 8. The van der Waals surface area contributed by atoms with E-state index in [1.54, 1.807) is 0 Å². The SMILES string of the molecule is C#CCOCCCCOC(=O)CCCl. The molecule has 0 aromatic rings. The fourth-order valence-electron chi connectivity index (χ4n) is 0.773. The first kappa shape index (κ1) is 13.3. The molecule has 0 aromatic carbocycles. The van der Waals surface area contributed by atoms with Crippen LogP contribution in [-0.4, -0.2) is 31.7 Å². The molecule has 0 atom stereocenters. The van der Waals surface area contributed by atoms with Gasteiger partial charge < -0.3 is 9.47 Å². The van der Waals surface area contributed by atoms with Crippen molar-refractivity contribution in [3.8, 4) is 12.3 Å². The Morgan fingerprint density at radius 3 is 2.71 bits per heavy atom. The molecule has 0 saturated carbocycles. The van der Waals surface area contributed by atoms with Crippen molar-refractivity contribution in [3.05, 3.63) is 0 Å². The summed E-state index contributed by atoms with van der Waals surface area (Å²) in [7, 11) is 0. The van der Waals surface area contributed by atoms with Crippen molar-refractivity contribution in [3.63, 3.8) is 0 Å². The van der Waals surface area contributed by atoms with Crippen LogP contribution in [0.25, 0.3) is 0 Å². The number of terminal acetylenes is 1. The molecule has 0 aliphatic heterocycles. The van der Waals surface area contributed by atoms with Gasteiger partial charge in [0, 0.05) is 12.5 Å². The minimum absolute atomic E-state index is 0.246. The summed E-state index contributed by atoms with van der Waals surface area (Å²) in [6.07, 6.45) is 6.89.